The average Bonchev–Trinajstić information content (AvgIpc) is 3.64. The van der Waals surface area contributed by atoms with E-state index >= 15 is 0 Å². The summed E-state index contributed by atoms with van der Waals surface area (Å²) >= 11 is 0. The van der Waals surface area contributed by atoms with E-state index in [1.165, 1.54) is 60.1 Å². The van der Waals surface area contributed by atoms with Crippen LogP contribution in [0.15, 0.2) is 218 Å². The van der Waals surface area contributed by atoms with Crippen molar-refractivity contribution < 1.29 is 4.74 Å². The molecule has 13 rings (SSSR count). The molecule has 2 heterocycles. The van der Waals surface area contributed by atoms with Crippen LogP contribution in [0.1, 0.15) is 22.3 Å². The van der Waals surface area contributed by atoms with Crippen LogP contribution >= 0.6 is 0 Å². The van der Waals surface area contributed by atoms with Gasteiger partial charge in [0.1, 0.15) is 11.5 Å². The van der Waals surface area contributed by atoms with Crippen LogP contribution in [0.2, 0.25) is 0 Å². The third kappa shape index (κ3) is 4.54. The summed E-state index contributed by atoms with van der Waals surface area (Å²) in [6.45, 7) is 0. The Morgan fingerprint density at radius 1 is 0.367 bits per heavy atom. The van der Waals surface area contributed by atoms with E-state index in [1.807, 2.05) is 0 Å². The minimum absolute atomic E-state index is 0.601. The van der Waals surface area contributed by atoms with Gasteiger partial charge in [0.25, 0.3) is 0 Å². The summed E-state index contributed by atoms with van der Waals surface area (Å²) in [5, 5.41) is 7.38. The fourth-order valence-electron chi connectivity index (χ4n) is 10.5. The molecule has 1 aliphatic heterocycles. The number of hydrogen-bond donors (Lipinski definition) is 0. The first kappa shape index (κ1) is 33.1. The van der Waals surface area contributed by atoms with Crippen LogP contribution in [-0.2, 0) is 5.41 Å². The quantitative estimate of drug-likeness (QED) is 0.178. The number of benzene rings is 10. The smallest absolute Gasteiger partial charge is 0.134 e. The van der Waals surface area contributed by atoms with Crippen molar-refractivity contribution in [3.05, 3.63) is 241 Å². The highest BCUT2D eigenvalue weighted by Gasteiger charge is 2.49. The fraction of sp³-hybridized carbons (Fsp3) is 0.0175. The van der Waals surface area contributed by atoms with Gasteiger partial charge in [0.05, 0.1) is 16.4 Å². The first-order valence-corrected chi connectivity index (χ1v) is 20.7. The number of rotatable bonds is 4. The Hall–Kier alpha value is -7.88. The second-order valence-electron chi connectivity index (χ2n) is 16.0. The molecule has 0 amide bonds. The van der Waals surface area contributed by atoms with Crippen LogP contribution < -0.4 is 9.64 Å². The van der Waals surface area contributed by atoms with E-state index in [1.54, 1.807) is 0 Å². The number of fused-ring (bicyclic) bond motifs is 12. The van der Waals surface area contributed by atoms with Crippen molar-refractivity contribution in [3.63, 3.8) is 0 Å². The molecular weight excluding hydrogens is 729 g/mol. The summed E-state index contributed by atoms with van der Waals surface area (Å²) in [5.74, 6) is 1.72. The predicted molar refractivity (Wildman–Crippen MR) is 248 cm³/mol. The fourth-order valence-corrected chi connectivity index (χ4v) is 10.5. The van der Waals surface area contributed by atoms with Crippen molar-refractivity contribution in [2.45, 2.75) is 5.41 Å². The molecule has 0 N–H and O–H groups in total. The van der Waals surface area contributed by atoms with Crippen LogP contribution in [0, 0.1) is 0 Å². The van der Waals surface area contributed by atoms with E-state index in [-0.39, 0.29) is 0 Å². The van der Waals surface area contributed by atoms with Gasteiger partial charge in [-0.2, -0.15) is 0 Å². The minimum Gasteiger partial charge on any atom is -0.457 e. The molecule has 1 atom stereocenters. The van der Waals surface area contributed by atoms with Gasteiger partial charge < -0.3 is 14.2 Å². The number of aromatic nitrogens is 1. The zero-order chi connectivity index (χ0) is 39.4. The lowest BCUT2D eigenvalue weighted by molar-refractivity contribution is 0.435. The SMILES string of the molecule is c1ccc(-n2c3ccccc3c3ccc(N(c4ccc5c(c4)Oc4ccccc4C54c5ccccc5-c5cccc6cccc4c56)c4ccc5ccccc5c4)cc32)cc1. The summed E-state index contributed by atoms with van der Waals surface area (Å²) in [7, 11) is 0. The molecule has 1 aliphatic carbocycles. The Morgan fingerprint density at radius 3 is 1.90 bits per heavy atom. The molecule has 2 aliphatic rings. The van der Waals surface area contributed by atoms with E-state index in [0.29, 0.717) is 0 Å². The summed E-state index contributed by atoms with van der Waals surface area (Å²) in [5.41, 5.74) is 13.4. The molecule has 280 valence electrons. The monoisotopic (exact) mass is 764 g/mol. The van der Waals surface area contributed by atoms with Crippen LogP contribution in [0.25, 0.3) is 60.2 Å². The van der Waals surface area contributed by atoms with E-state index < -0.39 is 5.41 Å². The predicted octanol–water partition coefficient (Wildman–Crippen LogP) is 15.0. The molecule has 3 heteroatoms. The molecule has 3 nitrogen and oxygen atoms in total. The van der Waals surface area contributed by atoms with Crippen molar-refractivity contribution in [1.82, 2.24) is 4.57 Å². The highest BCUT2D eigenvalue weighted by Crippen LogP contribution is 2.61. The molecule has 0 radical (unpaired) electrons. The molecule has 1 spiro atoms. The largest absolute Gasteiger partial charge is 0.457 e. The summed E-state index contributed by atoms with van der Waals surface area (Å²) in [6, 6.07) is 79.7. The van der Waals surface area contributed by atoms with Crippen LogP contribution in [0.4, 0.5) is 17.1 Å². The van der Waals surface area contributed by atoms with Gasteiger partial charge in [0.15, 0.2) is 0 Å². The zero-order valence-corrected chi connectivity index (χ0v) is 32.6. The number of para-hydroxylation sites is 3. The molecule has 11 aromatic rings. The Morgan fingerprint density at radius 2 is 0.983 bits per heavy atom. The van der Waals surface area contributed by atoms with Gasteiger partial charge >= 0.3 is 0 Å². The maximum atomic E-state index is 7.09. The van der Waals surface area contributed by atoms with Gasteiger partial charge in [-0.05, 0) is 98.4 Å². The maximum Gasteiger partial charge on any atom is 0.134 e. The van der Waals surface area contributed by atoms with Crippen LogP contribution in [0.3, 0.4) is 0 Å². The van der Waals surface area contributed by atoms with Gasteiger partial charge in [-0.15, -0.1) is 0 Å². The highest BCUT2D eigenvalue weighted by atomic mass is 16.5. The molecule has 0 saturated heterocycles. The van der Waals surface area contributed by atoms with Crippen molar-refractivity contribution >= 4 is 60.4 Å². The molecule has 10 aromatic carbocycles. The van der Waals surface area contributed by atoms with Gasteiger partial charge in [-0.1, -0.05) is 158 Å². The van der Waals surface area contributed by atoms with Crippen LogP contribution in [0.5, 0.6) is 11.5 Å². The zero-order valence-electron chi connectivity index (χ0n) is 32.6. The molecule has 1 aromatic heterocycles. The highest BCUT2D eigenvalue weighted by molar-refractivity contribution is 6.11. The lowest BCUT2D eigenvalue weighted by Crippen LogP contribution is -2.36. The normalized spacial score (nSPS) is 14.9. The summed E-state index contributed by atoms with van der Waals surface area (Å²) in [6.07, 6.45) is 0. The first-order valence-electron chi connectivity index (χ1n) is 20.7. The third-order valence-corrected chi connectivity index (χ3v) is 13.0. The van der Waals surface area contributed by atoms with E-state index in [0.717, 1.165) is 50.9 Å². The molecule has 0 bridgehead atoms. The Bertz CT molecular complexity index is 3540. The lowest BCUT2D eigenvalue weighted by Gasteiger charge is -2.45. The minimum atomic E-state index is -0.601. The lowest BCUT2D eigenvalue weighted by atomic mass is 9.58. The topological polar surface area (TPSA) is 17.4 Å². The van der Waals surface area contributed by atoms with Crippen molar-refractivity contribution in [2.75, 3.05) is 4.90 Å². The second kappa shape index (κ2) is 12.6. The Balaban J connectivity index is 1.08. The number of anilines is 3. The molecule has 60 heavy (non-hydrogen) atoms. The Labute approximate surface area is 347 Å². The Kier molecular flexibility index (Phi) is 6.93. The molecular formula is C57H36N2O. The standard InChI is InChI=1S/C57H36N2O/c1-2-18-40(19-3-1)59-52-26-10-7-21-45(52)46-32-30-42(35-53(46)59)58(41-29-28-37-14-4-5-15-39(37)34-41)43-31-33-50-55(36-43)60-54-27-11-9-24-49(54)57(50)48-23-8-6-20-44(48)47-22-12-16-38-17-13-25-51(57)56(38)47/h1-36H. The van der Waals surface area contributed by atoms with Crippen molar-refractivity contribution in [1.29, 1.82) is 0 Å². The van der Waals surface area contributed by atoms with Crippen LogP contribution in [-0.4, -0.2) is 4.57 Å². The summed E-state index contributed by atoms with van der Waals surface area (Å²) in [4.78, 5) is 2.39. The van der Waals surface area contributed by atoms with E-state index in [4.69, 9.17) is 4.74 Å². The van der Waals surface area contributed by atoms with E-state index in [2.05, 4.69) is 228 Å². The maximum absolute atomic E-state index is 7.09. The summed E-state index contributed by atoms with van der Waals surface area (Å²) < 4.78 is 9.48. The molecule has 0 fully saturated rings. The van der Waals surface area contributed by atoms with Crippen molar-refractivity contribution in [2.24, 2.45) is 0 Å². The van der Waals surface area contributed by atoms with E-state index in [9.17, 15) is 0 Å². The van der Waals surface area contributed by atoms with Gasteiger partial charge in [0.2, 0.25) is 0 Å². The number of nitrogens with zero attached hydrogens (tertiary/aromatic N) is 2. The first-order chi connectivity index (χ1) is 29.8. The van der Waals surface area contributed by atoms with Gasteiger partial charge in [0, 0.05) is 50.7 Å². The molecule has 1 unspecified atom stereocenters. The second-order valence-corrected chi connectivity index (χ2v) is 16.0. The van der Waals surface area contributed by atoms with Crippen molar-refractivity contribution in [3.8, 4) is 28.3 Å². The van der Waals surface area contributed by atoms with Gasteiger partial charge in [-0.3, -0.25) is 0 Å². The molecule has 0 saturated carbocycles. The average molecular weight is 765 g/mol. The third-order valence-electron chi connectivity index (χ3n) is 13.0. The van der Waals surface area contributed by atoms with Gasteiger partial charge in [-0.25, -0.2) is 0 Å². The number of hydrogen-bond acceptors (Lipinski definition) is 2. The number of ether oxygens (including phenoxy) is 1.